The Balaban J connectivity index is 2.29. The van der Waals surface area contributed by atoms with Crippen LogP contribution in [0.5, 0.6) is 5.75 Å². The number of hydrogen-bond donors (Lipinski definition) is 1. The third kappa shape index (κ3) is 3.64. The molecule has 0 bridgehead atoms. The minimum absolute atomic E-state index is 0.0789. The Bertz CT molecular complexity index is 587. The van der Waals surface area contributed by atoms with Crippen molar-refractivity contribution in [3.05, 3.63) is 48.5 Å². The minimum atomic E-state index is -0.133. The third-order valence-electron chi connectivity index (χ3n) is 3.02. The van der Waals surface area contributed by atoms with Gasteiger partial charge in [0.2, 0.25) is 0 Å². The first-order chi connectivity index (χ1) is 9.38. The van der Waals surface area contributed by atoms with Crippen LogP contribution in [0.3, 0.4) is 0 Å². The van der Waals surface area contributed by atoms with Crippen LogP contribution in [-0.2, 0) is 0 Å². The molecule has 0 spiro atoms. The molecule has 2 aromatic rings. The lowest BCUT2D eigenvalue weighted by molar-refractivity contribution is 0.184. The van der Waals surface area contributed by atoms with Crippen LogP contribution < -0.4 is 10.5 Å². The molecule has 0 aliphatic carbocycles. The van der Waals surface area contributed by atoms with Crippen LogP contribution in [0.4, 0.5) is 0 Å². The Morgan fingerprint density at radius 2 is 1.75 bits per heavy atom. The molecule has 1 aromatic carbocycles. The summed E-state index contributed by atoms with van der Waals surface area (Å²) in [5.74, 6) is 0.857. The lowest BCUT2D eigenvalue weighted by Crippen LogP contribution is -2.28. The number of nitrogens with two attached hydrogens (primary N) is 1. The largest absolute Gasteiger partial charge is 0.483 e. The van der Waals surface area contributed by atoms with Gasteiger partial charge in [-0.15, -0.1) is 11.3 Å². The van der Waals surface area contributed by atoms with Gasteiger partial charge in [-0.05, 0) is 66.0 Å². The van der Waals surface area contributed by atoms with Gasteiger partial charge in [0, 0.05) is 25.2 Å². The van der Waals surface area contributed by atoms with E-state index < -0.39 is 0 Å². The normalized spacial score (nSPS) is 14.1. The van der Waals surface area contributed by atoms with Gasteiger partial charge < -0.3 is 10.5 Å². The molecule has 2 atom stereocenters. The average Bonchev–Trinajstić information content (AvgIpc) is 2.79. The molecule has 1 heterocycles. The molecular formula is C15H17Br2NOS. The fourth-order valence-corrected chi connectivity index (χ4v) is 3.84. The van der Waals surface area contributed by atoms with Gasteiger partial charge in [0.1, 0.15) is 11.9 Å². The van der Waals surface area contributed by atoms with Gasteiger partial charge in [-0.1, -0.05) is 15.9 Å². The lowest BCUT2D eigenvalue weighted by Gasteiger charge is -2.22. The van der Waals surface area contributed by atoms with Gasteiger partial charge in [-0.3, -0.25) is 0 Å². The van der Waals surface area contributed by atoms with Crippen LogP contribution >= 0.6 is 43.2 Å². The zero-order valence-corrected chi connectivity index (χ0v) is 15.6. The van der Waals surface area contributed by atoms with E-state index in [1.54, 1.807) is 11.3 Å². The molecule has 0 saturated heterocycles. The number of thiophene rings is 1. The van der Waals surface area contributed by atoms with Crippen LogP contribution in [-0.4, -0.2) is 6.04 Å². The molecule has 0 fully saturated rings. The quantitative estimate of drug-likeness (QED) is 0.725. The standard InChI is InChI=1S/C15H17Br2NOS/c1-8-4-12(5-9(2)14(8)17)19-15(10(3)18)13-6-11(16)7-20-13/h4-7,10,15H,18H2,1-3H3. The topological polar surface area (TPSA) is 35.2 Å². The molecule has 2 nitrogen and oxygen atoms in total. The van der Waals surface area contributed by atoms with E-state index in [-0.39, 0.29) is 12.1 Å². The van der Waals surface area contributed by atoms with E-state index in [9.17, 15) is 0 Å². The van der Waals surface area contributed by atoms with Crippen molar-refractivity contribution in [1.82, 2.24) is 0 Å². The Kier molecular flexibility index (Phi) is 5.29. The van der Waals surface area contributed by atoms with Crippen LogP contribution in [0.2, 0.25) is 0 Å². The third-order valence-corrected chi connectivity index (χ3v) is 6.02. The van der Waals surface area contributed by atoms with Crippen molar-refractivity contribution >= 4 is 43.2 Å². The summed E-state index contributed by atoms with van der Waals surface area (Å²) in [5.41, 5.74) is 8.41. The number of aryl methyl sites for hydroxylation is 2. The second-order valence-electron chi connectivity index (χ2n) is 4.94. The maximum atomic E-state index is 6.14. The van der Waals surface area contributed by atoms with Crippen LogP contribution in [0, 0.1) is 13.8 Å². The Labute approximate surface area is 140 Å². The highest BCUT2D eigenvalue weighted by Crippen LogP contribution is 2.33. The highest BCUT2D eigenvalue weighted by atomic mass is 79.9. The maximum absolute atomic E-state index is 6.14. The number of benzene rings is 1. The number of halogens is 2. The molecule has 0 amide bonds. The summed E-state index contributed by atoms with van der Waals surface area (Å²) in [6, 6.07) is 6.06. The van der Waals surface area contributed by atoms with Gasteiger partial charge in [0.15, 0.2) is 0 Å². The SMILES string of the molecule is Cc1cc(OC(c2cc(Br)cs2)C(C)N)cc(C)c1Br. The molecule has 0 radical (unpaired) electrons. The van der Waals surface area contributed by atoms with Crippen molar-refractivity contribution < 1.29 is 4.74 Å². The van der Waals surface area contributed by atoms with Crippen LogP contribution in [0.15, 0.2) is 32.5 Å². The van der Waals surface area contributed by atoms with Crippen LogP contribution in [0.1, 0.15) is 29.0 Å². The predicted octanol–water partition coefficient (Wildman–Crippen LogP) is 5.36. The second kappa shape index (κ2) is 6.60. The van der Waals surface area contributed by atoms with Crippen LogP contribution in [0.25, 0.3) is 0 Å². The van der Waals surface area contributed by atoms with E-state index in [4.69, 9.17) is 10.5 Å². The van der Waals surface area contributed by atoms with Crippen molar-refractivity contribution in [2.45, 2.75) is 32.9 Å². The number of ether oxygens (including phenoxy) is 1. The summed E-state index contributed by atoms with van der Waals surface area (Å²) in [5, 5.41) is 2.05. The monoisotopic (exact) mass is 417 g/mol. The maximum Gasteiger partial charge on any atom is 0.148 e. The summed E-state index contributed by atoms with van der Waals surface area (Å²) in [6.07, 6.45) is -0.133. The molecule has 20 heavy (non-hydrogen) atoms. The lowest BCUT2D eigenvalue weighted by atomic mass is 10.1. The molecule has 1 aromatic heterocycles. The van der Waals surface area contributed by atoms with E-state index in [1.807, 2.05) is 24.4 Å². The van der Waals surface area contributed by atoms with Crippen molar-refractivity contribution in [3.8, 4) is 5.75 Å². The fourth-order valence-electron chi connectivity index (χ4n) is 2.02. The van der Waals surface area contributed by atoms with Crippen molar-refractivity contribution in [2.75, 3.05) is 0 Å². The van der Waals surface area contributed by atoms with Gasteiger partial charge in [0.05, 0.1) is 0 Å². The van der Waals surface area contributed by atoms with E-state index in [0.717, 1.165) is 30.7 Å². The molecular weight excluding hydrogens is 402 g/mol. The molecule has 0 aliphatic heterocycles. The summed E-state index contributed by atoms with van der Waals surface area (Å²) in [4.78, 5) is 1.13. The first kappa shape index (κ1) is 16.0. The fraction of sp³-hybridized carbons (Fsp3) is 0.333. The predicted molar refractivity (Wildman–Crippen MR) is 92.7 cm³/mol. The molecule has 0 saturated carbocycles. The zero-order valence-electron chi connectivity index (χ0n) is 11.6. The Morgan fingerprint density at radius 1 is 1.15 bits per heavy atom. The first-order valence-corrected chi connectivity index (χ1v) is 8.78. The zero-order chi connectivity index (χ0) is 14.9. The second-order valence-corrected chi connectivity index (χ2v) is 7.59. The summed E-state index contributed by atoms with van der Waals surface area (Å²) >= 11 is 8.70. The summed E-state index contributed by atoms with van der Waals surface area (Å²) < 4.78 is 8.33. The van der Waals surface area contributed by atoms with Gasteiger partial charge >= 0.3 is 0 Å². The first-order valence-electron chi connectivity index (χ1n) is 6.31. The average molecular weight is 419 g/mol. The molecule has 5 heteroatoms. The van der Waals surface area contributed by atoms with Crippen molar-refractivity contribution in [1.29, 1.82) is 0 Å². The Hall–Kier alpha value is -0.360. The molecule has 108 valence electrons. The van der Waals surface area contributed by atoms with Crippen molar-refractivity contribution in [3.63, 3.8) is 0 Å². The van der Waals surface area contributed by atoms with E-state index in [2.05, 4.69) is 51.8 Å². The summed E-state index contributed by atoms with van der Waals surface area (Å²) in [7, 11) is 0. The highest BCUT2D eigenvalue weighted by Gasteiger charge is 2.20. The molecule has 2 rings (SSSR count). The number of rotatable bonds is 4. The highest BCUT2D eigenvalue weighted by molar-refractivity contribution is 9.10. The van der Waals surface area contributed by atoms with E-state index in [0.29, 0.717) is 0 Å². The van der Waals surface area contributed by atoms with Gasteiger partial charge in [-0.25, -0.2) is 0 Å². The minimum Gasteiger partial charge on any atom is -0.483 e. The van der Waals surface area contributed by atoms with E-state index >= 15 is 0 Å². The van der Waals surface area contributed by atoms with E-state index in [1.165, 1.54) is 0 Å². The van der Waals surface area contributed by atoms with Gasteiger partial charge in [0.25, 0.3) is 0 Å². The van der Waals surface area contributed by atoms with Crippen molar-refractivity contribution in [2.24, 2.45) is 5.73 Å². The smallest absolute Gasteiger partial charge is 0.148 e. The Morgan fingerprint density at radius 3 is 2.20 bits per heavy atom. The molecule has 2 unspecified atom stereocenters. The van der Waals surface area contributed by atoms with Gasteiger partial charge in [-0.2, -0.15) is 0 Å². The number of hydrogen-bond acceptors (Lipinski definition) is 3. The molecule has 2 N–H and O–H groups in total. The summed E-state index contributed by atoms with van der Waals surface area (Å²) in [6.45, 7) is 6.09. The molecule has 0 aliphatic rings.